The van der Waals surface area contributed by atoms with Crippen LogP contribution in [0, 0.1) is 5.41 Å². The lowest BCUT2D eigenvalue weighted by Crippen LogP contribution is -2.51. The second kappa shape index (κ2) is 7.27. The molecule has 3 heterocycles. The molecule has 1 aromatic heterocycles. The van der Waals surface area contributed by atoms with Crippen LogP contribution >= 0.6 is 11.3 Å². The lowest BCUT2D eigenvalue weighted by atomic mass is 9.79. The van der Waals surface area contributed by atoms with Crippen LogP contribution in [0.25, 0.3) is 10.1 Å². The Bertz CT molecular complexity index is 830. The third kappa shape index (κ3) is 3.43. The van der Waals surface area contributed by atoms with Gasteiger partial charge in [-0.3, -0.25) is 4.79 Å². The number of piperidine rings is 1. The van der Waals surface area contributed by atoms with Crippen molar-refractivity contribution in [3.05, 3.63) is 35.2 Å². The molecule has 1 amide bonds. The van der Waals surface area contributed by atoms with E-state index in [1.807, 2.05) is 0 Å². The number of carbonyl (C=O) groups is 1. The number of hydrogen-bond donors (Lipinski definition) is 2. The average Bonchev–Trinajstić information content (AvgIpc) is 3.22. The number of guanidine groups is 1. The molecular formula is C20H26N4OS. The molecule has 0 saturated carbocycles. The summed E-state index contributed by atoms with van der Waals surface area (Å²) in [6.45, 7) is 6.36. The number of nitrogens with zero attached hydrogens (tertiary/aromatic N) is 2. The number of aliphatic imine (C=N–C) groups is 1. The van der Waals surface area contributed by atoms with E-state index in [9.17, 15) is 4.79 Å². The van der Waals surface area contributed by atoms with Crippen LogP contribution in [0.2, 0.25) is 0 Å². The van der Waals surface area contributed by atoms with Crippen LogP contribution in [0.15, 0.2) is 34.6 Å². The van der Waals surface area contributed by atoms with Crippen LogP contribution in [0.3, 0.4) is 0 Å². The van der Waals surface area contributed by atoms with Gasteiger partial charge in [-0.15, -0.1) is 11.3 Å². The van der Waals surface area contributed by atoms with E-state index in [1.54, 1.807) is 11.3 Å². The predicted molar refractivity (Wildman–Crippen MR) is 108 cm³/mol. The van der Waals surface area contributed by atoms with Gasteiger partial charge in [0.05, 0.1) is 6.54 Å². The number of nitrogens with one attached hydrogen (secondary N) is 2. The van der Waals surface area contributed by atoms with Crippen molar-refractivity contribution in [3.8, 4) is 0 Å². The topological polar surface area (TPSA) is 56.7 Å². The number of likely N-dealkylation sites (tertiary alicyclic amines) is 1. The monoisotopic (exact) mass is 370 g/mol. The number of hydrogen-bond acceptors (Lipinski definition) is 3. The molecule has 2 aliphatic heterocycles. The molecule has 6 heteroatoms. The Kier molecular flexibility index (Phi) is 4.85. The summed E-state index contributed by atoms with van der Waals surface area (Å²) in [5.41, 5.74) is 1.37. The normalized spacial score (nSPS) is 23.7. The first kappa shape index (κ1) is 17.3. The van der Waals surface area contributed by atoms with Gasteiger partial charge in [0.15, 0.2) is 5.96 Å². The molecule has 1 aromatic carbocycles. The Balaban J connectivity index is 1.53. The molecule has 2 N–H and O–H groups in total. The van der Waals surface area contributed by atoms with Gasteiger partial charge < -0.3 is 15.5 Å². The second-order valence-electron chi connectivity index (χ2n) is 7.41. The number of carbonyl (C=O) groups excluding carboxylic acids is 1. The molecule has 138 valence electrons. The van der Waals surface area contributed by atoms with Gasteiger partial charge in [-0.05, 0) is 42.2 Å². The van der Waals surface area contributed by atoms with Crippen molar-refractivity contribution in [1.82, 2.24) is 15.5 Å². The van der Waals surface area contributed by atoms with Gasteiger partial charge in [0.1, 0.15) is 0 Å². The van der Waals surface area contributed by atoms with Crippen molar-refractivity contribution in [1.29, 1.82) is 0 Å². The minimum absolute atomic E-state index is 0.0839. The van der Waals surface area contributed by atoms with Gasteiger partial charge in [0.25, 0.3) is 0 Å². The number of thiophene rings is 1. The Morgan fingerprint density at radius 2 is 2.31 bits per heavy atom. The standard InChI is InChI=1S/C20H26N4OS/c1-2-21-19(22-11-15-12-26-17-7-4-3-6-16(15)17)24-9-5-8-20(14-24)10-18(25)23-13-20/h3-4,6-7,12H,2,5,8-11,13-14H2,1H3,(H,21,22)(H,23,25). The second-order valence-corrected chi connectivity index (χ2v) is 8.32. The van der Waals surface area contributed by atoms with Crippen molar-refractivity contribution in [3.63, 3.8) is 0 Å². The summed E-state index contributed by atoms with van der Waals surface area (Å²) in [5.74, 6) is 1.17. The summed E-state index contributed by atoms with van der Waals surface area (Å²) in [6.07, 6.45) is 2.88. The Hall–Kier alpha value is -2.08. The molecule has 1 unspecified atom stereocenters. The summed E-state index contributed by atoms with van der Waals surface area (Å²) < 4.78 is 1.31. The molecule has 2 saturated heterocycles. The van der Waals surface area contributed by atoms with Gasteiger partial charge >= 0.3 is 0 Å². The predicted octanol–water partition coefficient (Wildman–Crippen LogP) is 2.97. The number of benzene rings is 1. The lowest BCUT2D eigenvalue weighted by Gasteiger charge is -2.40. The minimum Gasteiger partial charge on any atom is -0.357 e. The summed E-state index contributed by atoms with van der Waals surface area (Å²) in [4.78, 5) is 19.0. The van der Waals surface area contributed by atoms with E-state index < -0.39 is 0 Å². The molecule has 2 aliphatic rings. The van der Waals surface area contributed by atoms with Gasteiger partial charge in [-0.1, -0.05) is 18.2 Å². The minimum atomic E-state index is 0.0839. The fraction of sp³-hybridized carbons (Fsp3) is 0.500. The van der Waals surface area contributed by atoms with Crippen molar-refractivity contribution < 1.29 is 4.79 Å². The average molecular weight is 371 g/mol. The highest BCUT2D eigenvalue weighted by Gasteiger charge is 2.42. The summed E-state index contributed by atoms with van der Waals surface area (Å²) in [7, 11) is 0. The number of amides is 1. The number of fused-ring (bicyclic) bond motifs is 1. The molecule has 1 spiro atoms. The van der Waals surface area contributed by atoms with Crippen LogP contribution in [0.4, 0.5) is 0 Å². The van der Waals surface area contributed by atoms with Crippen LogP contribution in [0.5, 0.6) is 0 Å². The molecule has 2 aromatic rings. The first-order valence-corrected chi connectivity index (χ1v) is 10.3. The van der Waals surface area contributed by atoms with E-state index in [-0.39, 0.29) is 11.3 Å². The van der Waals surface area contributed by atoms with E-state index >= 15 is 0 Å². The summed E-state index contributed by atoms with van der Waals surface area (Å²) in [5, 5.41) is 10.00. The van der Waals surface area contributed by atoms with Crippen molar-refractivity contribution in [2.45, 2.75) is 32.7 Å². The zero-order valence-corrected chi connectivity index (χ0v) is 16.1. The van der Waals surface area contributed by atoms with Crippen LogP contribution in [-0.2, 0) is 11.3 Å². The zero-order valence-electron chi connectivity index (χ0n) is 15.3. The highest BCUT2D eigenvalue weighted by atomic mass is 32.1. The van der Waals surface area contributed by atoms with Gasteiger partial charge in [0.2, 0.25) is 5.91 Å². The highest BCUT2D eigenvalue weighted by molar-refractivity contribution is 7.17. The van der Waals surface area contributed by atoms with E-state index in [1.165, 1.54) is 15.6 Å². The van der Waals surface area contributed by atoms with E-state index in [0.717, 1.165) is 45.0 Å². The smallest absolute Gasteiger partial charge is 0.220 e. The van der Waals surface area contributed by atoms with Crippen molar-refractivity contribution in [2.75, 3.05) is 26.2 Å². The molecule has 0 bridgehead atoms. The quantitative estimate of drug-likeness (QED) is 0.645. The SMILES string of the molecule is CCNC(=NCc1csc2ccccc12)N1CCCC2(CNC(=O)C2)C1. The molecule has 0 aliphatic carbocycles. The zero-order chi connectivity index (χ0) is 18.0. The maximum absolute atomic E-state index is 11.7. The molecule has 5 nitrogen and oxygen atoms in total. The molecule has 1 atom stereocenters. The van der Waals surface area contributed by atoms with Gasteiger partial charge in [0, 0.05) is 42.7 Å². The molecule has 0 radical (unpaired) electrons. The Labute approximate surface area is 158 Å². The number of rotatable bonds is 3. The molecule has 2 fully saturated rings. The Morgan fingerprint density at radius 1 is 1.42 bits per heavy atom. The highest BCUT2D eigenvalue weighted by Crippen LogP contribution is 2.36. The maximum atomic E-state index is 11.7. The third-order valence-electron chi connectivity index (χ3n) is 5.45. The van der Waals surface area contributed by atoms with Gasteiger partial charge in [-0.2, -0.15) is 0 Å². The van der Waals surface area contributed by atoms with E-state index in [4.69, 9.17) is 4.99 Å². The lowest BCUT2D eigenvalue weighted by molar-refractivity contribution is -0.119. The maximum Gasteiger partial charge on any atom is 0.220 e. The molecular weight excluding hydrogens is 344 g/mol. The fourth-order valence-electron chi connectivity index (χ4n) is 4.17. The van der Waals surface area contributed by atoms with Crippen molar-refractivity contribution >= 4 is 33.3 Å². The van der Waals surface area contributed by atoms with E-state index in [2.05, 4.69) is 52.1 Å². The van der Waals surface area contributed by atoms with Crippen LogP contribution in [0.1, 0.15) is 31.7 Å². The first-order valence-electron chi connectivity index (χ1n) is 9.44. The van der Waals surface area contributed by atoms with Crippen LogP contribution < -0.4 is 10.6 Å². The molecule has 4 rings (SSSR count). The largest absolute Gasteiger partial charge is 0.357 e. The first-order chi connectivity index (χ1) is 12.7. The fourth-order valence-corrected chi connectivity index (χ4v) is 5.12. The van der Waals surface area contributed by atoms with E-state index in [0.29, 0.717) is 13.0 Å². The Morgan fingerprint density at radius 3 is 3.12 bits per heavy atom. The summed E-state index contributed by atoms with van der Waals surface area (Å²) >= 11 is 1.78. The third-order valence-corrected chi connectivity index (χ3v) is 6.46. The van der Waals surface area contributed by atoms with Crippen LogP contribution in [-0.4, -0.2) is 42.9 Å². The van der Waals surface area contributed by atoms with Gasteiger partial charge in [-0.25, -0.2) is 4.99 Å². The van der Waals surface area contributed by atoms with Crippen molar-refractivity contribution in [2.24, 2.45) is 10.4 Å². The molecule has 26 heavy (non-hydrogen) atoms. The summed E-state index contributed by atoms with van der Waals surface area (Å²) in [6, 6.07) is 8.51.